The molecule has 0 spiro atoms. The average Bonchev–Trinajstić information content (AvgIpc) is 3.29. The molecule has 2 amide bonds. The number of rotatable bonds is 4. The van der Waals surface area contributed by atoms with E-state index in [1.54, 1.807) is 10.9 Å². The molecule has 5 nitrogen and oxygen atoms in total. The number of hydrogen-bond acceptors (Lipinski definition) is 2. The number of carbonyl (C=O) groups excluding carboxylic acids is 1. The van der Waals surface area contributed by atoms with Crippen molar-refractivity contribution in [2.75, 3.05) is 6.54 Å². The first-order valence-electron chi connectivity index (χ1n) is 9.19. The van der Waals surface area contributed by atoms with Gasteiger partial charge in [0, 0.05) is 37.9 Å². The lowest BCUT2D eigenvalue weighted by Crippen LogP contribution is -2.43. The summed E-state index contributed by atoms with van der Waals surface area (Å²) in [6.07, 6.45) is 6.75. The van der Waals surface area contributed by atoms with E-state index in [-0.39, 0.29) is 12.1 Å². The van der Waals surface area contributed by atoms with Crippen molar-refractivity contribution in [2.24, 2.45) is 7.05 Å². The van der Waals surface area contributed by atoms with Gasteiger partial charge in [-0.2, -0.15) is 5.10 Å². The number of benzene rings is 2. The van der Waals surface area contributed by atoms with E-state index in [1.807, 2.05) is 18.1 Å². The molecule has 134 valence electrons. The number of aryl methyl sites for hydroxylation is 1. The molecule has 2 aromatic carbocycles. The topological polar surface area (TPSA) is 50.2 Å². The third-order valence-electron chi connectivity index (χ3n) is 5.18. The maximum absolute atomic E-state index is 12.7. The fourth-order valence-corrected chi connectivity index (χ4v) is 3.88. The summed E-state index contributed by atoms with van der Waals surface area (Å²) in [5.41, 5.74) is 2.34. The van der Waals surface area contributed by atoms with Crippen LogP contribution in [0.25, 0.3) is 10.8 Å². The Kier molecular flexibility index (Phi) is 4.61. The predicted molar refractivity (Wildman–Crippen MR) is 103 cm³/mol. The fourth-order valence-electron chi connectivity index (χ4n) is 3.88. The van der Waals surface area contributed by atoms with E-state index in [9.17, 15) is 4.79 Å². The largest absolute Gasteiger partial charge is 0.334 e. The Morgan fingerprint density at radius 3 is 2.92 bits per heavy atom. The predicted octanol–water partition coefficient (Wildman–Crippen LogP) is 3.49. The molecule has 1 atom stereocenters. The van der Waals surface area contributed by atoms with Crippen molar-refractivity contribution in [3.05, 3.63) is 66.0 Å². The Morgan fingerprint density at radius 2 is 2.08 bits per heavy atom. The monoisotopic (exact) mass is 348 g/mol. The Bertz CT molecular complexity index is 912. The van der Waals surface area contributed by atoms with Crippen LogP contribution in [0.2, 0.25) is 0 Å². The van der Waals surface area contributed by atoms with E-state index < -0.39 is 0 Å². The van der Waals surface area contributed by atoms with Gasteiger partial charge in [0.05, 0.1) is 6.20 Å². The van der Waals surface area contributed by atoms with Crippen molar-refractivity contribution in [1.82, 2.24) is 20.0 Å². The normalized spacial score (nSPS) is 17.0. The van der Waals surface area contributed by atoms with Crippen molar-refractivity contribution in [1.29, 1.82) is 0 Å². The Hall–Kier alpha value is -2.82. The van der Waals surface area contributed by atoms with Gasteiger partial charge in [-0.15, -0.1) is 0 Å². The first-order chi connectivity index (χ1) is 12.7. The molecular weight excluding hydrogens is 324 g/mol. The number of aromatic nitrogens is 2. The first-order valence-corrected chi connectivity index (χ1v) is 9.19. The zero-order valence-electron chi connectivity index (χ0n) is 15.1. The lowest BCUT2D eigenvalue weighted by Gasteiger charge is -2.25. The van der Waals surface area contributed by atoms with Gasteiger partial charge in [0.1, 0.15) is 0 Å². The summed E-state index contributed by atoms with van der Waals surface area (Å²) in [5.74, 6) is 0. The molecule has 1 fully saturated rings. The van der Waals surface area contributed by atoms with Crippen LogP contribution >= 0.6 is 0 Å². The summed E-state index contributed by atoms with van der Waals surface area (Å²) in [5, 5.41) is 9.73. The van der Waals surface area contributed by atoms with Crippen molar-refractivity contribution in [2.45, 2.75) is 31.8 Å². The standard InChI is InChI=1S/C21H24N4O/c1-24-15-16(14-23-24)13-22-21(26)25-11-5-9-19(25)12-18-8-4-7-17-6-2-3-10-20(17)18/h2-4,6-8,10,14-15,19H,5,9,11-13H2,1H3,(H,22,26). The van der Waals surface area contributed by atoms with E-state index in [4.69, 9.17) is 0 Å². The van der Waals surface area contributed by atoms with Gasteiger partial charge < -0.3 is 10.2 Å². The average molecular weight is 348 g/mol. The number of amides is 2. The van der Waals surface area contributed by atoms with Gasteiger partial charge in [0.15, 0.2) is 0 Å². The molecule has 0 saturated carbocycles. The molecular formula is C21H24N4O. The van der Waals surface area contributed by atoms with Crippen LogP contribution in [0.15, 0.2) is 54.9 Å². The number of likely N-dealkylation sites (tertiary alicyclic amines) is 1. The van der Waals surface area contributed by atoms with Gasteiger partial charge in [-0.05, 0) is 35.6 Å². The number of urea groups is 1. The second-order valence-electron chi connectivity index (χ2n) is 7.01. The zero-order chi connectivity index (χ0) is 17.9. The number of nitrogens with zero attached hydrogens (tertiary/aromatic N) is 3. The highest BCUT2D eigenvalue weighted by atomic mass is 16.2. The third-order valence-corrected chi connectivity index (χ3v) is 5.18. The van der Waals surface area contributed by atoms with Crippen LogP contribution in [-0.4, -0.2) is 33.3 Å². The quantitative estimate of drug-likeness (QED) is 0.785. The molecule has 0 aliphatic carbocycles. The Morgan fingerprint density at radius 1 is 1.23 bits per heavy atom. The first kappa shape index (κ1) is 16.6. The van der Waals surface area contributed by atoms with Gasteiger partial charge in [0.25, 0.3) is 0 Å². The number of hydrogen-bond donors (Lipinski definition) is 1. The van der Waals surface area contributed by atoms with E-state index >= 15 is 0 Å². The van der Waals surface area contributed by atoms with Crippen LogP contribution in [0.4, 0.5) is 4.79 Å². The molecule has 1 unspecified atom stereocenters. The van der Waals surface area contributed by atoms with Crippen LogP contribution in [0.3, 0.4) is 0 Å². The summed E-state index contributed by atoms with van der Waals surface area (Å²) in [6, 6.07) is 15.2. The minimum atomic E-state index is 0.0246. The molecule has 4 rings (SSSR count). The molecule has 1 aliphatic heterocycles. The van der Waals surface area contributed by atoms with Crippen LogP contribution in [0, 0.1) is 0 Å². The SMILES string of the molecule is Cn1cc(CNC(=O)N2CCCC2Cc2cccc3ccccc23)cn1. The molecule has 0 bridgehead atoms. The van der Waals surface area contributed by atoms with E-state index in [0.717, 1.165) is 31.4 Å². The molecule has 5 heteroatoms. The molecule has 1 N–H and O–H groups in total. The van der Waals surface area contributed by atoms with Gasteiger partial charge in [-0.3, -0.25) is 4.68 Å². The Labute approximate surface area is 153 Å². The minimum Gasteiger partial charge on any atom is -0.334 e. The zero-order valence-corrected chi connectivity index (χ0v) is 15.1. The Balaban J connectivity index is 1.45. The number of nitrogens with one attached hydrogen (secondary N) is 1. The van der Waals surface area contributed by atoms with E-state index in [2.05, 4.69) is 52.9 Å². The van der Waals surface area contributed by atoms with Crippen molar-refractivity contribution in [3.63, 3.8) is 0 Å². The third kappa shape index (κ3) is 3.43. The van der Waals surface area contributed by atoms with E-state index in [0.29, 0.717) is 6.54 Å². The molecule has 1 aromatic heterocycles. The van der Waals surface area contributed by atoms with Crippen LogP contribution in [-0.2, 0) is 20.0 Å². The molecule has 3 aromatic rings. The molecule has 1 aliphatic rings. The second-order valence-corrected chi connectivity index (χ2v) is 7.01. The van der Waals surface area contributed by atoms with Crippen LogP contribution < -0.4 is 5.32 Å². The van der Waals surface area contributed by atoms with Crippen LogP contribution in [0.1, 0.15) is 24.0 Å². The van der Waals surface area contributed by atoms with E-state index in [1.165, 1.54) is 16.3 Å². The highest BCUT2D eigenvalue weighted by Crippen LogP contribution is 2.25. The molecule has 1 saturated heterocycles. The maximum Gasteiger partial charge on any atom is 0.317 e. The van der Waals surface area contributed by atoms with Gasteiger partial charge in [-0.25, -0.2) is 4.79 Å². The smallest absolute Gasteiger partial charge is 0.317 e. The number of carbonyl (C=O) groups is 1. The summed E-state index contributed by atoms with van der Waals surface area (Å²) < 4.78 is 1.75. The summed E-state index contributed by atoms with van der Waals surface area (Å²) >= 11 is 0. The van der Waals surface area contributed by atoms with Crippen molar-refractivity contribution in [3.8, 4) is 0 Å². The number of fused-ring (bicyclic) bond motifs is 1. The highest BCUT2D eigenvalue weighted by molar-refractivity contribution is 5.85. The van der Waals surface area contributed by atoms with Gasteiger partial charge >= 0.3 is 6.03 Å². The molecule has 2 heterocycles. The fraction of sp³-hybridized carbons (Fsp3) is 0.333. The molecule has 26 heavy (non-hydrogen) atoms. The lowest BCUT2D eigenvalue weighted by molar-refractivity contribution is 0.192. The van der Waals surface area contributed by atoms with Crippen LogP contribution in [0.5, 0.6) is 0 Å². The summed E-state index contributed by atoms with van der Waals surface area (Å²) in [4.78, 5) is 14.7. The molecule has 0 radical (unpaired) electrons. The van der Waals surface area contributed by atoms with Gasteiger partial charge in [-0.1, -0.05) is 42.5 Å². The highest BCUT2D eigenvalue weighted by Gasteiger charge is 2.29. The maximum atomic E-state index is 12.7. The second kappa shape index (κ2) is 7.20. The lowest BCUT2D eigenvalue weighted by atomic mass is 9.98. The summed E-state index contributed by atoms with van der Waals surface area (Å²) in [7, 11) is 1.88. The van der Waals surface area contributed by atoms with Crippen molar-refractivity contribution >= 4 is 16.8 Å². The van der Waals surface area contributed by atoms with Crippen molar-refractivity contribution < 1.29 is 4.79 Å². The van der Waals surface area contributed by atoms with Gasteiger partial charge in [0.2, 0.25) is 0 Å². The summed E-state index contributed by atoms with van der Waals surface area (Å²) in [6.45, 7) is 1.35. The minimum absolute atomic E-state index is 0.0246.